The Hall–Kier alpha value is -0.340. The van der Waals surface area contributed by atoms with Gasteiger partial charge in [-0.05, 0) is 12.8 Å². The van der Waals surface area contributed by atoms with Crippen molar-refractivity contribution in [3.05, 3.63) is 35.9 Å². The van der Waals surface area contributed by atoms with E-state index in [1.165, 1.54) is 95.7 Å². The summed E-state index contributed by atoms with van der Waals surface area (Å²) in [6.07, 6.45) is 17.3. The lowest BCUT2D eigenvalue weighted by molar-refractivity contribution is -0.894. The summed E-state index contributed by atoms with van der Waals surface area (Å²) in [5, 5.41) is 0. The number of unbranched alkanes of at least 4 members (excludes halogenated alkanes) is 11. The highest BCUT2D eigenvalue weighted by Crippen LogP contribution is 2.11. The third-order valence-corrected chi connectivity index (χ3v) is 4.81. The topological polar surface area (TPSA) is 4.44 Å². The Morgan fingerprint density at radius 2 is 1.12 bits per heavy atom. The summed E-state index contributed by atoms with van der Waals surface area (Å²) < 4.78 is 0. The zero-order valence-corrected chi connectivity index (χ0v) is 17.8. The molecule has 1 rings (SSSR count). The maximum Gasteiger partial charge on any atom is 0.103 e. The van der Waals surface area contributed by atoms with Gasteiger partial charge in [-0.15, -0.1) is 0 Å². The molecule has 1 N–H and O–H groups in total. The molecule has 140 valence electrons. The highest BCUT2D eigenvalue weighted by atomic mass is 79.9. The van der Waals surface area contributed by atoms with Gasteiger partial charge in [0.25, 0.3) is 0 Å². The first-order valence-corrected chi connectivity index (χ1v) is 10.2. The van der Waals surface area contributed by atoms with Crippen molar-refractivity contribution in [1.82, 2.24) is 0 Å². The third kappa shape index (κ3) is 14.0. The van der Waals surface area contributed by atoms with Gasteiger partial charge in [-0.25, -0.2) is 0 Å². The molecule has 0 saturated carbocycles. The van der Waals surface area contributed by atoms with Crippen LogP contribution < -0.4 is 21.9 Å². The summed E-state index contributed by atoms with van der Waals surface area (Å²) in [7, 11) is 2.32. The fourth-order valence-electron chi connectivity index (χ4n) is 3.30. The molecule has 0 saturated heterocycles. The molecular formula is C22H40BrN. The van der Waals surface area contributed by atoms with Crippen LogP contribution in [0, 0.1) is 0 Å². The van der Waals surface area contributed by atoms with Gasteiger partial charge in [0.2, 0.25) is 0 Å². The molecule has 24 heavy (non-hydrogen) atoms. The minimum Gasteiger partial charge on any atom is -1.00 e. The van der Waals surface area contributed by atoms with E-state index in [2.05, 4.69) is 44.3 Å². The first-order chi connectivity index (χ1) is 11.3. The van der Waals surface area contributed by atoms with Crippen LogP contribution in [0.5, 0.6) is 0 Å². The van der Waals surface area contributed by atoms with E-state index >= 15 is 0 Å². The second-order valence-corrected chi connectivity index (χ2v) is 7.26. The Morgan fingerprint density at radius 3 is 1.62 bits per heavy atom. The van der Waals surface area contributed by atoms with Crippen LogP contribution in [0.25, 0.3) is 0 Å². The van der Waals surface area contributed by atoms with Crippen molar-refractivity contribution in [3.8, 4) is 0 Å². The standard InChI is InChI=1S/C22H39N.BrH/c1-3-4-5-6-7-8-9-10-11-12-13-17-20-23(2)21-22-18-15-14-16-19-22;/h14-16,18-19H,3-13,17,20-21H2,1-2H3;1H. The van der Waals surface area contributed by atoms with Gasteiger partial charge in [0.05, 0.1) is 13.6 Å². The van der Waals surface area contributed by atoms with Gasteiger partial charge in [-0.3, -0.25) is 0 Å². The Kier molecular flexibility index (Phi) is 17.2. The largest absolute Gasteiger partial charge is 1.00 e. The first-order valence-electron chi connectivity index (χ1n) is 10.2. The summed E-state index contributed by atoms with van der Waals surface area (Å²) in [5.74, 6) is 0. The number of hydrogen-bond donors (Lipinski definition) is 1. The van der Waals surface area contributed by atoms with E-state index in [9.17, 15) is 0 Å². The number of halogens is 1. The lowest BCUT2D eigenvalue weighted by atomic mass is 10.1. The summed E-state index contributed by atoms with van der Waals surface area (Å²) in [6, 6.07) is 10.9. The quantitative estimate of drug-likeness (QED) is 0.433. The van der Waals surface area contributed by atoms with E-state index in [4.69, 9.17) is 0 Å². The fourth-order valence-corrected chi connectivity index (χ4v) is 3.30. The number of nitrogens with one attached hydrogen (secondary N) is 1. The summed E-state index contributed by atoms with van der Waals surface area (Å²) in [4.78, 5) is 1.64. The molecule has 1 aromatic rings. The zero-order chi connectivity index (χ0) is 16.6. The lowest BCUT2D eigenvalue weighted by Crippen LogP contribution is -3.07. The number of quaternary nitrogens is 1. The van der Waals surface area contributed by atoms with Crippen molar-refractivity contribution in [1.29, 1.82) is 0 Å². The SMILES string of the molecule is CCCCCCCCCCCCCC[NH+](C)Cc1ccccc1.[Br-]. The van der Waals surface area contributed by atoms with Crippen LogP contribution in [-0.2, 0) is 6.54 Å². The van der Waals surface area contributed by atoms with Gasteiger partial charge in [0.15, 0.2) is 0 Å². The molecular weight excluding hydrogens is 358 g/mol. The zero-order valence-electron chi connectivity index (χ0n) is 16.2. The van der Waals surface area contributed by atoms with E-state index in [0.29, 0.717) is 0 Å². The smallest absolute Gasteiger partial charge is 0.103 e. The predicted molar refractivity (Wildman–Crippen MR) is 103 cm³/mol. The lowest BCUT2D eigenvalue weighted by Gasteiger charge is -2.13. The van der Waals surface area contributed by atoms with Crippen LogP contribution in [0.1, 0.15) is 89.5 Å². The molecule has 0 spiro atoms. The van der Waals surface area contributed by atoms with Crippen LogP contribution in [0.15, 0.2) is 30.3 Å². The van der Waals surface area contributed by atoms with Crippen LogP contribution in [0.4, 0.5) is 0 Å². The van der Waals surface area contributed by atoms with Crippen molar-refractivity contribution >= 4 is 0 Å². The minimum atomic E-state index is 0. The fraction of sp³-hybridized carbons (Fsp3) is 0.727. The van der Waals surface area contributed by atoms with E-state index < -0.39 is 0 Å². The maximum absolute atomic E-state index is 2.32. The number of rotatable bonds is 15. The number of benzene rings is 1. The van der Waals surface area contributed by atoms with Crippen LogP contribution in [0.2, 0.25) is 0 Å². The van der Waals surface area contributed by atoms with Gasteiger partial charge in [-0.2, -0.15) is 0 Å². The second kappa shape index (κ2) is 17.5. The highest BCUT2D eigenvalue weighted by molar-refractivity contribution is 5.13. The molecule has 0 aliphatic heterocycles. The monoisotopic (exact) mass is 397 g/mol. The molecule has 0 amide bonds. The van der Waals surface area contributed by atoms with Gasteiger partial charge in [-0.1, -0.05) is 101 Å². The molecule has 0 bridgehead atoms. The van der Waals surface area contributed by atoms with Crippen molar-refractivity contribution in [2.24, 2.45) is 0 Å². The van der Waals surface area contributed by atoms with Crippen molar-refractivity contribution in [3.63, 3.8) is 0 Å². The minimum absolute atomic E-state index is 0. The molecule has 0 aliphatic carbocycles. The van der Waals surface area contributed by atoms with Crippen LogP contribution in [-0.4, -0.2) is 13.6 Å². The van der Waals surface area contributed by atoms with E-state index in [1.807, 2.05) is 0 Å². The number of hydrogen-bond acceptors (Lipinski definition) is 0. The third-order valence-electron chi connectivity index (χ3n) is 4.81. The van der Waals surface area contributed by atoms with E-state index in [0.717, 1.165) is 0 Å². The van der Waals surface area contributed by atoms with Crippen molar-refractivity contribution < 1.29 is 21.9 Å². The van der Waals surface area contributed by atoms with Crippen LogP contribution in [0.3, 0.4) is 0 Å². The van der Waals surface area contributed by atoms with Gasteiger partial charge < -0.3 is 21.9 Å². The highest BCUT2D eigenvalue weighted by Gasteiger charge is 2.02. The maximum atomic E-state index is 2.32. The summed E-state index contributed by atoms with van der Waals surface area (Å²) in [5.41, 5.74) is 1.46. The molecule has 1 atom stereocenters. The first kappa shape index (κ1) is 23.7. The molecule has 0 heterocycles. The molecule has 0 aliphatic rings. The average molecular weight is 398 g/mol. The Balaban J connectivity index is 0.00000529. The summed E-state index contributed by atoms with van der Waals surface area (Å²) >= 11 is 0. The summed E-state index contributed by atoms with van der Waals surface area (Å²) in [6.45, 7) is 4.77. The molecule has 0 radical (unpaired) electrons. The Bertz CT molecular complexity index is 352. The van der Waals surface area contributed by atoms with Gasteiger partial charge in [0.1, 0.15) is 6.54 Å². The normalized spacial score (nSPS) is 11.9. The van der Waals surface area contributed by atoms with E-state index in [1.54, 1.807) is 4.90 Å². The molecule has 0 fully saturated rings. The van der Waals surface area contributed by atoms with Gasteiger partial charge in [0, 0.05) is 5.56 Å². The second-order valence-electron chi connectivity index (χ2n) is 7.26. The molecule has 0 aromatic heterocycles. The molecule has 1 unspecified atom stereocenters. The van der Waals surface area contributed by atoms with Gasteiger partial charge >= 0.3 is 0 Å². The van der Waals surface area contributed by atoms with Crippen LogP contribution >= 0.6 is 0 Å². The van der Waals surface area contributed by atoms with E-state index in [-0.39, 0.29) is 17.0 Å². The van der Waals surface area contributed by atoms with Crippen molar-refractivity contribution in [2.45, 2.75) is 90.5 Å². The average Bonchev–Trinajstić information content (AvgIpc) is 2.57. The molecule has 1 aromatic carbocycles. The molecule has 1 nitrogen and oxygen atoms in total. The van der Waals surface area contributed by atoms with Crippen molar-refractivity contribution in [2.75, 3.05) is 13.6 Å². The molecule has 2 heteroatoms. The Labute approximate surface area is 162 Å². The Morgan fingerprint density at radius 1 is 0.667 bits per heavy atom. The predicted octanol–water partition coefficient (Wildman–Crippen LogP) is 2.41.